The van der Waals surface area contributed by atoms with Gasteiger partial charge in [0.2, 0.25) is 0 Å². The normalized spacial score (nSPS) is 18.6. The smallest absolute Gasteiger partial charge is 0.416 e. The van der Waals surface area contributed by atoms with Crippen LogP contribution in [0.4, 0.5) is 13.2 Å². The average Bonchev–Trinajstić information content (AvgIpc) is 2.96. The average molecular weight is 330 g/mol. The molecule has 0 spiro atoms. The van der Waals surface area contributed by atoms with Crippen LogP contribution in [0.25, 0.3) is 0 Å². The van der Waals surface area contributed by atoms with Crippen LogP contribution in [0, 0.1) is 5.92 Å². The minimum atomic E-state index is -4.50. The van der Waals surface area contributed by atoms with E-state index in [-0.39, 0.29) is 31.6 Å². The van der Waals surface area contributed by atoms with Gasteiger partial charge in [-0.15, -0.1) is 6.58 Å². The van der Waals surface area contributed by atoms with Gasteiger partial charge in [0.15, 0.2) is 5.79 Å². The van der Waals surface area contributed by atoms with E-state index < -0.39 is 29.4 Å². The third-order valence-corrected chi connectivity index (χ3v) is 3.70. The Morgan fingerprint density at radius 3 is 2.57 bits per heavy atom. The number of alkyl halides is 3. The van der Waals surface area contributed by atoms with Crippen molar-refractivity contribution in [2.24, 2.45) is 5.92 Å². The van der Waals surface area contributed by atoms with Crippen molar-refractivity contribution in [2.45, 2.75) is 24.8 Å². The third kappa shape index (κ3) is 3.92. The highest BCUT2D eigenvalue weighted by atomic mass is 19.4. The van der Waals surface area contributed by atoms with Crippen LogP contribution in [0.15, 0.2) is 36.9 Å². The number of carbonyl (C=O) groups is 1. The molecule has 1 aliphatic heterocycles. The van der Waals surface area contributed by atoms with Crippen LogP contribution in [0.3, 0.4) is 0 Å². The van der Waals surface area contributed by atoms with Gasteiger partial charge in [0.05, 0.1) is 24.7 Å². The Bertz CT molecular complexity index is 577. The maximum absolute atomic E-state index is 12.9. The maximum Gasteiger partial charge on any atom is 0.416 e. The van der Waals surface area contributed by atoms with Gasteiger partial charge in [-0.3, -0.25) is 4.79 Å². The van der Waals surface area contributed by atoms with Crippen molar-refractivity contribution in [1.29, 1.82) is 0 Å². The SMILES string of the molecule is C=CCC(CC1(c2cccc(C(F)(F)F)c2)OCCO1)C(=O)O. The summed E-state index contributed by atoms with van der Waals surface area (Å²) in [5.74, 6) is -3.41. The fraction of sp³-hybridized carbons (Fsp3) is 0.438. The molecular weight excluding hydrogens is 313 g/mol. The molecule has 1 aromatic rings. The van der Waals surface area contributed by atoms with Crippen LogP contribution in [0.5, 0.6) is 0 Å². The number of ether oxygens (including phenoxy) is 2. The lowest BCUT2D eigenvalue weighted by molar-refractivity contribution is -0.185. The van der Waals surface area contributed by atoms with E-state index in [4.69, 9.17) is 9.47 Å². The van der Waals surface area contributed by atoms with Gasteiger partial charge in [-0.25, -0.2) is 0 Å². The summed E-state index contributed by atoms with van der Waals surface area (Å²) in [5, 5.41) is 9.27. The molecule has 0 amide bonds. The van der Waals surface area contributed by atoms with Crippen LogP contribution in [-0.2, 0) is 26.2 Å². The number of allylic oxidation sites excluding steroid dienone is 1. The van der Waals surface area contributed by atoms with E-state index in [1.807, 2.05) is 0 Å². The van der Waals surface area contributed by atoms with Crippen molar-refractivity contribution < 1.29 is 32.5 Å². The predicted molar refractivity (Wildman–Crippen MR) is 75.6 cm³/mol. The van der Waals surface area contributed by atoms with Crippen LogP contribution in [0.2, 0.25) is 0 Å². The summed E-state index contributed by atoms with van der Waals surface area (Å²) in [6.45, 7) is 3.89. The molecule has 2 rings (SSSR count). The first-order valence-corrected chi connectivity index (χ1v) is 7.08. The second-order valence-electron chi connectivity index (χ2n) is 5.29. The first kappa shape index (κ1) is 17.5. The summed E-state index contributed by atoms with van der Waals surface area (Å²) in [5.41, 5.74) is -0.663. The molecule has 1 aromatic carbocycles. The molecule has 0 bridgehead atoms. The summed E-state index contributed by atoms with van der Waals surface area (Å²) in [6.07, 6.45) is -2.96. The fourth-order valence-corrected chi connectivity index (χ4v) is 2.59. The van der Waals surface area contributed by atoms with E-state index in [2.05, 4.69) is 6.58 Å². The molecule has 23 heavy (non-hydrogen) atoms. The van der Waals surface area contributed by atoms with Gasteiger partial charge in [-0.1, -0.05) is 18.2 Å². The third-order valence-electron chi connectivity index (χ3n) is 3.70. The number of hydrogen-bond donors (Lipinski definition) is 1. The van der Waals surface area contributed by atoms with E-state index in [0.29, 0.717) is 0 Å². The molecule has 0 radical (unpaired) electrons. The van der Waals surface area contributed by atoms with E-state index in [0.717, 1.165) is 12.1 Å². The number of halogens is 3. The fourth-order valence-electron chi connectivity index (χ4n) is 2.59. The quantitative estimate of drug-likeness (QED) is 0.810. The van der Waals surface area contributed by atoms with E-state index >= 15 is 0 Å². The van der Waals surface area contributed by atoms with Crippen LogP contribution in [0.1, 0.15) is 24.0 Å². The standard InChI is InChI=1S/C16H17F3O4/c1-2-4-11(14(20)21)10-15(22-7-8-23-15)12-5-3-6-13(9-12)16(17,18)19/h2-3,5-6,9,11H,1,4,7-8,10H2,(H,20,21). The van der Waals surface area contributed by atoms with Crippen LogP contribution in [-0.4, -0.2) is 24.3 Å². The number of carboxylic acid groups (broad SMARTS) is 1. The minimum absolute atomic E-state index is 0.0876. The Morgan fingerprint density at radius 2 is 2.04 bits per heavy atom. The Balaban J connectivity index is 2.37. The first-order valence-electron chi connectivity index (χ1n) is 7.08. The van der Waals surface area contributed by atoms with Gasteiger partial charge in [-0.05, 0) is 18.6 Å². The van der Waals surface area contributed by atoms with E-state index in [1.54, 1.807) is 0 Å². The summed E-state index contributed by atoms with van der Waals surface area (Å²) >= 11 is 0. The highest BCUT2D eigenvalue weighted by Gasteiger charge is 2.43. The van der Waals surface area contributed by atoms with Crippen molar-refractivity contribution in [3.63, 3.8) is 0 Å². The zero-order valence-electron chi connectivity index (χ0n) is 12.3. The summed E-state index contributed by atoms with van der Waals surface area (Å²) < 4.78 is 49.8. The molecule has 7 heteroatoms. The van der Waals surface area contributed by atoms with E-state index in [9.17, 15) is 23.1 Å². The van der Waals surface area contributed by atoms with Crippen molar-refractivity contribution in [1.82, 2.24) is 0 Å². The first-order chi connectivity index (χ1) is 10.8. The van der Waals surface area contributed by atoms with Crippen LogP contribution >= 0.6 is 0 Å². The summed E-state index contributed by atoms with van der Waals surface area (Å²) in [7, 11) is 0. The Hall–Kier alpha value is -1.86. The Labute approximate surface area is 131 Å². The highest BCUT2D eigenvalue weighted by Crippen LogP contribution is 2.40. The molecule has 1 atom stereocenters. The predicted octanol–water partition coefficient (Wildman–Crippen LogP) is 3.57. The molecule has 1 unspecified atom stereocenters. The van der Waals surface area contributed by atoms with Crippen molar-refractivity contribution in [3.05, 3.63) is 48.0 Å². The van der Waals surface area contributed by atoms with Crippen LogP contribution < -0.4 is 0 Å². The molecule has 0 aromatic heterocycles. The second kappa shape index (κ2) is 6.72. The lowest BCUT2D eigenvalue weighted by atomic mass is 9.90. The molecule has 1 N–H and O–H groups in total. The van der Waals surface area contributed by atoms with Crippen molar-refractivity contribution in [3.8, 4) is 0 Å². The lowest BCUT2D eigenvalue weighted by Crippen LogP contribution is -2.33. The van der Waals surface area contributed by atoms with Gasteiger partial charge in [-0.2, -0.15) is 13.2 Å². The lowest BCUT2D eigenvalue weighted by Gasteiger charge is -2.30. The second-order valence-corrected chi connectivity index (χ2v) is 5.29. The largest absolute Gasteiger partial charge is 0.481 e. The molecule has 0 aliphatic carbocycles. The summed E-state index contributed by atoms with van der Waals surface area (Å²) in [4.78, 5) is 11.3. The Morgan fingerprint density at radius 1 is 1.39 bits per heavy atom. The molecule has 126 valence electrons. The molecule has 4 nitrogen and oxygen atoms in total. The summed E-state index contributed by atoms with van der Waals surface area (Å²) in [6, 6.07) is 4.60. The monoisotopic (exact) mass is 330 g/mol. The number of carboxylic acids is 1. The van der Waals surface area contributed by atoms with Crippen molar-refractivity contribution >= 4 is 5.97 Å². The van der Waals surface area contributed by atoms with Gasteiger partial charge >= 0.3 is 12.1 Å². The van der Waals surface area contributed by atoms with Crippen molar-refractivity contribution in [2.75, 3.05) is 13.2 Å². The van der Waals surface area contributed by atoms with Gasteiger partial charge in [0.25, 0.3) is 0 Å². The van der Waals surface area contributed by atoms with Gasteiger partial charge in [0, 0.05) is 12.0 Å². The van der Waals surface area contributed by atoms with E-state index in [1.165, 1.54) is 18.2 Å². The number of benzene rings is 1. The molecular formula is C16H17F3O4. The zero-order valence-corrected chi connectivity index (χ0v) is 12.3. The molecule has 1 saturated heterocycles. The topological polar surface area (TPSA) is 55.8 Å². The molecule has 0 saturated carbocycles. The molecule has 1 heterocycles. The highest BCUT2D eigenvalue weighted by molar-refractivity contribution is 5.70. The molecule has 1 fully saturated rings. The minimum Gasteiger partial charge on any atom is -0.481 e. The number of rotatable bonds is 6. The Kier molecular flexibility index (Phi) is 5.11. The zero-order chi connectivity index (χ0) is 17.1. The van der Waals surface area contributed by atoms with Gasteiger partial charge in [0.1, 0.15) is 0 Å². The molecule has 1 aliphatic rings. The maximum atomic E-state index is 12.9. The van der Waals surface area contributed by atoms with Gasteiger partial charge < -0.3 is 14.6 Å². The number of hydrogen-bond acceptors (Lipinski definition) is 3. The number of aliphatic carboxylic acids is 1.